The number of phosphoric ester groups is 2. The summed E-state index contributed by atoms with van der Waals surface area (Å²) in [5, 5.41) is 30.4. The number of aliphatic hydroxyl groups is 3. The van der Waals surface area contributed by atoms with Crippen LogP contribution < -0.4 is 0 Å². The molecule has 15 nitrogen and oxygen atoms in total. The second-order valence-electron chi connectivity index (χ2n) is 15.7. The van der Waals surface area contributed by atoms with Crippen molar-refractivity contribution in [1.82, 2.24) is 0 Å². The third-order valence-corrected chi connectivity index (χ3v) is 10.8. The topological polar surface area (TPSA) is 236 Å². The quantitative estimate of drug-likeness (QED) is 0.0145. The zero-order valence-corrected chi connectivity index (χ0v) is 38.9. The predicted molar refractivity (Wildman–Crippen MR) is 237 cm³/mol. The van der Waals surface area contributed by atoms with Crippen molar-refractivity contribution < 1.29 is 71.8 Å². The van der Waals surface area contributed by atoms with Crippen LogP contribution in [0.15, 0.2) is 48.6 Å². The second-order valence-corrected chi connectivity index (χ2v) is 18.4. The summed E-state index contributed by atoms with van der Waals surface area (Å²) in [6.07, 6.45) is 30.0. The molecule has 0 aliphatic heterocycles. The van der Waals surface area contributed by atoms with Gasteiger partial charge >= 0.3 is 27.6 Å². The molecule has 0 amide bonds. The van der Waals surface area contributed by atoms with Crippen LogP contribution in [0.3, 0.4) is 0 Å². The molecule has 0 saturated heterocycles. The van der Waals surface area contributed by atoms with Gasteiger partial charge in [0, 0.05) is 12.8 Å². The molecule has 0 spiro atoms. The number of carbonyl (C=O) groups excluding carboxylic acids is 2. The van der Waals surface area contributed by atoms with E-state index in [-0.39, 0.29) is 32.1 Å². The Morgan fingerprint density at radius 1 is 0.541 bits per heavy atom. The smallest absolute Gasteiger partial charge is 0.462 e. The van der Waals surface area contributed by atoms with Gasteiger partial charge in [-0.25, -0.2) is 9.13 Å². The first-order chi connectivity index (χ1) is 29.0. The van der Waals surface area contributed by atoms with Crippen LogP contribution >= 0.6 is 15.6 Å². The Kier molecular flexibility index (Phi) is 37.2. The largest absolute Gasteiger partial charge is 0.472 e. The number of hydrogen-bond acceptors (Lipinski definition) is 12. The van der Waals surface area contributed by atoms with Crippen LogP contribution in [-0.2, 0) is 41.8 Å². The van der Waals surface area contributed by atoms with Gasteiger partial charge in [0.15, 0.2) is 6.10 Å². The van der Waals surface area contributed by atoms with E-state index >= 15 is 0 Å². The molecule has 0 aromatic heterocycles. The van der Waals surface area contributed by atoms with E-state index in [1.807, 2.05) is 12.2 Å². The maximum absolute atomic E-state index is 12.7. The summed E-state index contributed by atoms with van der Waals surface area (Å²) in [5.74, 6) is -0.542. The highest BCUT2D eigenvalue weighted by Gasteiger charge is 2.28. The lowest BCUT2D eigenvalue weighted by atomic mass is 10.0. The molecule has 5 atom stereocenters. The minimum absolute atomic E-state index is 0.0709. The number of aliphatic hydroxyl groups excluding tert-OH is 3. The first-order valence-corrected chi connectivity index (χ1v) is 25.4. The Morgan fingerprint density at radius 2 is 1.02 bits per heavy atom. The van der Waals surface area contributed by atoms with Crippen LogP contribution in [0.2, 0.25) is 0 Å². The predicted octanol–water partition coefficient (Wildman–Crippen LogP) is 9.25. The second kappa shape index (κ2) is 38.5. The SMILES string of the molecule is CC/C=C\C/C=C\C/C=C\C/C=C\C[C@H](O)[C@@H](O)CCCC(=O)OC[C@H](COP(=O)(O)OC[C@@H](O)COP(=O)(O)O)OC(=O)CCCCCCCCCCCCCCC(C)C. The lowest BCUT2D eigenvalue weighted by molar-refractivity contribution is -0.161. The summed E-state index contributed by atoms with van der Waals surface area (Å²) in [4.78, 5) is 52.8. The van der Waals surface area contributed by atoms with Gasteiger partial charge in [0.2, 0.25) is 0 Å². The van der Waals surface area contributed by atoms with Crippen LogP contribution in [0.4, 0.5) is 0 Å². The molecule has 1 unspecified atom stereocenters. The minimum Gasteiger partial charge on any atom is -0.462 e. The molecule has 0 heterocycles. The zero-order valence-electron chi connectivity index (χ0n) is 37.1. The summed E-state index contributed by atoms with van der Waals surface area (Å²) in [7, 11) is -9.77. The van der Waals surface area contributed by atoms with Crippen molar-refractivity contribution in [2.75, 3.05) is 26.4 Å². The summed E-state index contributed by atoms with van der Waals surface area (Å²) < 4.78 is 47.6. The van der Waals surface area contributed by atoms with Crippen molar-refractivity contribution in [3.63, 3.8) is 0 Å². The molecule has 0 saturated carbocycles. The average Bonchev–Trinajstić information content (AvgIpc) is 3.20. The van der Waals surface area contributed by atoms with Crippen LogP contribution in [0.5, 0.6) is 0 Å². The number of esters is 2. The monoisotopic (exact) mass is 910 g/mol. The lowest BCUT2D eigenvalue weighted by Gasteiger charge is -2.20. The molecule has 6 N–H and O–H groups in total. The summed E-state index contributed by atoms with van der Waals surface area (Å²) in [6.45, 7) is 3.62. The normalized spacial score (nSPS) is 15.6. The number of phosphoric acid groups is 2. The van der Waals surface area contributed by atoms with E-state index in [9.17, 15) is 38.9 Å². The van der Waals surface area contributed by atoms with Gasteiger partial charge < -0.3 is 39.5 Å². The molecular formula is C44H80O15P2. The number of rotatable bonds is 41. The van der Waals surface area contributed by atoms with Crippen LogP contribution in [-0.4, -0.2) is 92.8 Å². The van der Waals surface area contributed by atoms with E-state index in [1.165, 1.54) is 51.4 Å². The van der Waals surface area contributed by atoms with E-state index < -0.39 is 78.4 Å². The minimum atomic E-state index is -4.89. The van der Waals surface area contributed by atoms with Gasteiger partial charge in [-0.1, -0.05) is 146 Å². The number of allylic oxidation sites excluding steroid dienone is 7. The molecule has 0 bridgehead atoms. The molecule has 0 aromatic rings. The van der Waals surface area contributed by atoms with E-state index in [1.54, 1.807) is 6.08 Å². The zero-order chi connectivity index (χ0) is 45.6. The molecule has 61 heavy (non-hydrogen) atoms. The Bertz CT molecular complexity index is 1310. The molecule has 0 aliphatic rings. The van der Waals surface area contributed by atoms with Crippen LogP contribution in [0.25, 0.3) is 0 Å². The van der Waals surface area contributed by atoms with Gasteiger partial charge in [-0.05, 0) is 57.3 Å². The van der Waals surface area contributed by atoms with E-state index in [0.29, 0.717) is 12.8 Å². The average molecular weight is 911 g/mol. The van der Waals surface area contributed by atoms with Gasteiger partial charge in [-0.2, -0.15) is 0 Å². The first kappa shape index (κ1) is 59.0. The Balaban J connectivity index is 4.73. The van der Waals surface area contributed by atoms with Crippen LogP contribution in [0, 0.1) is 5.92 Å². The highest BCUT2D eigenvalue weighted by atomic mass is 31.2. The van der Waals surface area contributed by atoms with Gasteiger partial charge in [-0.15, -0.1) is 0 Å². The fourth-order valence-electron chi connectivity index (χ4n) is 5.86. The molecule has 0 aliphatic carbocycles. The van der Waals surface area contributed by atoms with Gasteiger partial charge in [0.05, 0.1) is 32.0 Å². The van der Waals surface area contributed by atoms with Crippen molar-refractivity contribution in [3.05, 3.63) is 48.6 Å². The van der Waals surface area contributed by atoms with Crippen molar-refractivity contribution in [1.29, 1.82) is 0 Å². The van der Waals surface area contributed by atoms with Crippen LogP contribution in [0.1, 0.15) is 162 Å². The number of ether oxygens (including phenoxy) is 2. The van der Waals surface area contributed by atoms with E-state index in [4.69, 9.17) is 23.8 Å². The van der Waals surface area contributed by atoms with Gasteiger partial charge in [0.1, 0.15) is 12.7 Å². The van der Waals surface area contributed by atoms with Gasteiger partial charge in [0.25, 0.3) is 0 Å². The molecule has 356 valence electrons. The Labute approximate surface area is 365 Å². The highest BCUT2D eigenvalue weighted by molar-refractivity contribution is 7.47. The summed E-state index contributed by atoms with van der Waals surface area (Å²) in [5.41, 5.74) is 0. The molecule has 0 radical (unpaired) electrons. The number of unbranched alkanes of at least 4 members (excludes halogenated alkanes) is 11. The molecule has 0 aromatic carbocycles. The van der Waals surface area contributed by atoms with E-state index in [0.717, 1.165) is 50.9 Å². The fraction of sp³-hybridized carbons (Fsp3) is 0.773. The number of carbonyl (C=O) groups is 2. The van der Waals surface area contributed by atoms with E-state index in [2.05, 4.69) is 60.2 Å². The molecule has 0 fully saturated rings. The van der Waals surface area contributed by atoms with Crippen molar-refractivity contribution in [2.45, 2.75) is 186 Å². The fourth-order valence-corrected chi connectivity index (χ4v) is 7.01. The van der Waals surface area contributed by atoms with Crippen molar-refractivity contribution in [2.24, 2.45) is 5.92 Å². The third kappa shape index (κ3) is 41.8. The molecular weight excluding hydrogens is 830 g/mol. The lowest BCUT2D eigenvalue weighted by Crippen LogP contribution is -2.30. The molecule has 0 rings (SSSR count). The maximum Gasteiger partial charge on any atom is 0.472 e. The van der Waals surface area contributed by atoms with Crippen molar-refractivity contribution >= 4 is 27.6 Å². The maximum atomic E-state index is 12.7. The first-order valence-electron chi connectivity index (χ1n) is 22.4. The van der Waals surface area contributed by atoms with Gasteiger partial charge in [-0.3, -0.25) is 23.2 Å². The summed E-state index contributed by atoms with van der Waals surface area (Å²) >= 11 is 0. The Morgan fingerprint density at radius 3 is 1.56 bits per heavy atom. The Hall–Kier alpha value is -2.00. The standard InChI is InChI=1S/C44H80O15P2/c1-4-5-6-7-8-9-10-14-17-20-23-26-30-41(46)42(47)31-28-33-43(48)55-36-40(37-58-61(53,54)57-35-39(45)34-56-60(50,51)52)59-44(49)32-27-24-21-18-15-12-11-13-16-19-22-25-29-38(2)3/h5-6,8-9,14,17,23,26,38-42,45-47H,4,7,10-13,15-16,18-22,24-25,27-37H2,1-3H3,(H,53,54)(H2,50,51,52)/b6-5-,9-8-,17-14-,26-23-/t39-,40+,41-,42-/m0/s1. The highest BCUT2D eigenvalue weighted by Crippen LogP contribution is 2.43. The summed E-state index contributed by atoms with van der Waals surface area (Å²) in [6, 6.07) is 0. The molecule has 17 heteroatoms. The third-order valence-electron chi connectivity index (χ3n) is 9.35. The number of hydrogen-bond donors (Lipinski definition) is 6. The van der Waals surface area contributed by atoms with Crippen molar-refractivity contribution in [3.8, 4) is 0 Å².